The summed E-state index contributed by atoms with van der Waals surface area (Å²) < 4.78 is 5.42. The Morgan fingerprint density at radius 3 is 2.50 bits per heavy atom. The topological polar surface area (TPSA) is 21.3 Å². The maximum atomic E-state index is 5.42. The Morgan fingerprint density at radius 2 is 2.00 bits per heavy atom. The van der Waals surface area contributed by atoms with E-state index in [-0.39, 0.29) is 5.41 Å². The fraction of sp³-hybridized carbons (Fsp3) is 0.571. The quantitative estimate of drug-likeness (QED) is 0.838. The number of benzene rings is 1. The van der Waals surface area contributed by atoms with Crippen LogP contribution in [0.15, 0.2) is 18.2 Å². The highest BCUT2D eigenvalue weighted by molar-refractivity contribution is 5.36. The third kappa shape index (κ3) is 2.00. The number of nitrogens with one attached hydrogen (secondary N) is 1. The second-order valence-electron chi connectivity index (χ2n) is 4.85. The Kier molecular flexibility index (Phi) is 3.31. The van der Waals surface area contributed by atoms with Gasteiger partial charge in [0.2, 0.25) is 0 Å². The number of ether oxygens (including phenoxy) is 1. The monoisotopic (exact) mass is 219 g/mol. The molecule has 1 saturated heterocycles. The molecule has 0 atom stereocenters. The maximum Gasteiger partial charge on any atom is 0.0598 e. The predicted molar refractivity (Wildman–Crippen MR) is 67.0 cm³/mol. The molecule has 0 radical (unpaired) electrons. The van der Waals surface area contributed by atoms with Crippen molar-refractivity contribution in [1.29, 1.82) is 0 Å². The number of aryl methyl sites for hydroxylation is 2. The molecule has 2 nitrogen and oxygen atoms in total. The smallest absolute Gasteiger partial charge is 0.0598 e. The second kappa shape index (κ2) is 4.56. The van der Waals surface area contributed by atoms with Gasteiger partial charge in [-0.2, -0.15) is 0 Å². The Labute approximate surface area is 98.0 Å². The lowest BCUT2D eigenvalue weighted by Crippen LogP contribution is -2.53. The van der Waals surface area contributed by atoms with Gasteiger partial charge < -0.3 is 10.1 Å². The van der Waals surface area contributed by atoms with Gasteiger partial charge in [0.1, 0.15) is 0 Å². The molecular formula is C14H21NO. The minimum atomic E-state index is 0.217. The number of likely N-dealkylation sites (N-methyl/N-ethyl adjacent to an activating group) is 1. The lowest BCUT2D eigenvalue weighted by atomic mass is 9.77. The van der Waals surface area contributed by atoms with Crippen LogP contribution in [0.4, 0.5) is 0 Å². The molecule has 0 amide bonds. The van der Waals surface area contributed by atoms with Crippen LogP contribution in [-0.2, 0) is 10.2 Å². The average Bonchev–Trinajstić information content (AvgIpc) is 2.22. The van der Waals surface area contributed by atoms with Crippen LogP contribution in [0.1, 0.15) is 23.6 Å². The van der Waals surface area contributed by atoms with Crippen LogP contribution in [0.25, 0.3) is 0 Å². The molecule has 0 bridgehead atoms. The van der Waals surface area contributed by atoms with E-state index < -0.39 is 0 Å². The molecule has 0 aliphatic carbocycles. The molecule has 1 aromatic rings. The first kappa shape index (κ1) is 11.6. The van der Waals surface area contributed by atoms with Gasteiger partial charge >= 0.3 is 0 Å². The zero-order chi connectivity index (χ0) is 11.6. The SMILES string of the molecule is CCNCC1(c2ccc(C)c(C)c2)COC1. The van der Waals surface area contributed by atoms with Crippen molar-refractivity contribution in [3.63, 3.8) is 0 Å². The van der Waals surface area contributed by atoms with E-state index >= 15 is 0 Å². The van der Waals surface area contributed by atoms with Crippen LogP contribution >= 0.6 is 0 Å². The highest BCUT2D eigenvalue weighted by atomic mass is 16.5. The van der Waals surface area contributed by atoms with Crippen molar-refractivity contribution >= 4 is 0 Å². The highest BCUT2D eigenvalue weighted by Gasteiger charge is 2.39. The van der Waals surface area contributed by atoms with Crippen molar-refractivity contribution in [3.8, 4) is 0 Å². The second-order valence-corrected chi connectivity index (χ2v) is 4.85. The van der Waals surface area contributed by atoms with Gasteiger partial charge in [0.25, 0.3) is 0 Å². The first-order valence-electron chi connectivity index (χ1n) is 6.04. The molecule has 1 aromatic carbocycles. The third-order valence-corrected chi connectivity index (χ3v) is 3.59. The highest BCUT2D eigenvalue weighted by Crippen LogP contribution is 2.32. The van der Waals surface area contributed by atoms with Crippen molar-refractivity contribution in [2.24, 2.45) is 0 Å². The summed E-state index contributed by atoms with van der Waals surface area (Å²) in [5, 5.41) is 3.44. The molecule has 2 rings (SSSR count). The zero-order valence-corrected chi connectivity index (χ0v) is 10.5. The molecule has 1 heterocycles. The van der Waals surface area contributed by atoms with Crippen molar-refractivity contribution in [2.45, 2.75) is 26.2 Å². The number of rotatable bonds is 4. The Hall–Kier alpha value is -0.860. The minimum absolute atomic E-state index is 0.217. The van der Waals surface area contributed by atoms with Crippen LogP contribution in [0.5, 0.6) is 0 Å². The minimum Gasteiger partial charge on any atom is -0.379 e. The van der Waals surface area contributed by atoms with Crippen LogP contribution in [-0.4, -0.2) is 26.3 Å². The van der Waals surface area contributed by atoms with Crippen LogP contribution in [0.2, 0.25) is 0 Å². The average molecular weight is 219 g/mol. The molecule has 1 fully saturated rings. The molecular weight excluding hydrogens is 198 g/mol. The number of hydrogen-bond acceptors (Lipinski definition) is 2. The summed E-state index contributed by atoms with van der Waals surface area (Å²) in [4.78, 5) is 0. The van der Waals surface area contributed by atoms with Crippen molar-refractivity contribution in [3.05, 3.63) is 34.9 Å². The first-order chi connectivity index (χ1) is 7.68. The third-order valence-electron chi connectivity index (χ3n) is 3.59. The Morgan fingerprint density at radius 1 is 1.25 bits per heavy atom. The summed E-state index contributed by atoms with van der Waals surface area (Å²) in [7, 11) is 0. The lowest BCUT2D eigenvalue weighted by molar-refractivity contribution is -0.0588. The molecule has 88 valence electrons. The summed E-state index contributed by atoms with van der Waals surface area (Å²) in [6.07, 6.45) is 0. The van der Waals surface area contributed by atoms with E-state index in [0.717, 1.165) is 26.3 Å². The van der Waals surface area contributed by atoms with Gasteiger partial charge in [-0.3, -0.25) is 0 Å². The first-order valence-corrected chi connectivity index (χ1v) is 6.04. The zero-order valence-electron chi connectivity index (χ0n) is 10.5. The molecule has 0 unspecified atom stereocenters. The van der Waals surface area contributed by atoms with Gasteiger partial charge in [-0.15, -0.1) is 0 Å². The summed E-state index contributed by atoms with van der Waals surface area (Å²) in [5.41, 5.74) is 4.37. The Balaban J connectivity index is 2.22. The standard InChI is InChI=1S/C14H21NO/c1-4-15-8-14(9-16-10-14)13-6-5-11(2)12(3)7-13/h5-7,15H,4,8-10H2,1-3H3. The van der Waals surface area contributed by atoms with Crippen LogP contribution < -0.4 is 5.32 Å². The number of hydrogen-bond donors (Lipinski definition) is 1. The van der Waals surface area contributed by atoms with E-state index in [4.69, 9.17) is 4.74 Å². The Bertz CT molecular complexity index is 369. The normalized spacial score (nSPS) is 18.2. The summed E-state index contributed by atoms with van der Waals surface area (Å²) in [6, 6.07) is 6.79. The molecule has 1 N–H and O–H groups in total. The predicted octanol–water partition coefficient (Wildman–Crippen LogP) is 2.18. The van der Waals surface area contributed by atoms with Crippen molar-refractivity contribution in [1.82, 2.24) is 5.32 Å². The fourth-order valence-electron chi connectivity index (χ4n) is 2.15. The van der Waals surface area contributed by atoms with E-state index in [2.05, 4.69) is 44.3 Å². The van der Waals surface area contributed by atoms with E-state index in [1.807, 2.05) is 0 Å². The largest absolute Gasteiger partial charge is 0.379 e. The fourth-order valence-corrected chi connectivity index (χ4v) is 2.15. The van der Waals surface area contributed by atoms with E-state index in [1.54, 1.807) is 0 Å². The molecule has 0 aromatic heterocycles. The molecule has 1 aliphatic heterocycles. The van der Waals surface area contributed by atoms with Crippen LogP contribution in [0.3, 0.4) is 0 Å². The summed E-state index contributed by atoms with van der Waals surface area (Å²) >= 11 is 0. The summed E-state index contributed by atoms with van der Waals surface area (Å²) in [5.74, 6) is 0. The maximum absolute atomic E-state index is 5.42. The van der Waals surface area contributed by atoms with Crippen molar-refractivity contribution < 1.29 is 4.74 Å². The molecule has 2 heteroatoms. The van der Waals surface area contributed by atoms with Gasteiger partial charge in [-0.05, 0) is 37.1 Å². The van der Waals surface area contributed by atoms with Gasteiger partial charge in [0.15, 0.2) is 0 Å². The van der Waals surface area contributed by atoms with Gasteiger partial charge in [-0.1, -0.05) is 25.1 Å². The molecule has 1 aliphatic rings. The van der Waals surface area contributed by atoms with Crippen LogP contribution in [0, 0.1) is 13.8 Å². The molecule has 0 saturated carbocycles. The van der Waals surface area contributed by atoms with Gasteiger partial charge in [0.05, 0.1) is 18.6 Å². The summed E-state index contributed by atoms with van der Waals surface area (Å²) in [6.45, 7) is 10.2. The molecule has 16 heavy (non-hydrogen) atoms. The molecule has 0 spiro atoms. The van der Waals surface area contributed by atoms with Gasteiger partial charge in [-0.25, -0.2) is 0 Å². The lowest BCUT2D eigenvalue weighted by Gasteiger charge is -2.42. The van der Waals surface area contributed by atoms with Crippen molar-refractivity contribution in [2.75, 3.05) is 26.3 Å². The van der Waals surface area contributed by atoms with E-state index in [9.17, 15) is 0 Å². The van der Waals surface area contributed by atoms with Gasteiger partial charge in [0, 0.05) is 6.54 Å². The van der Waals surface area contributed by atoms with E-state index in [1.165, 1.54) is 16.7 Å². The van der Waals surface area contributed by atoms with E-state index in [0.29, 0.717) is 0 Å².